The van der Waals surface area contributed by atoms with Crippen LogP contribution in [-0.2, 0) is 11.3 Å². The number of likely N-dealkylation sites (tertiary alicyclic amines) is 1. The number of para-hydroxylation sites is 1. The van der Waals surface area contributed by atoms with Crippen LogP contribution in [0.3, 0.4) is 0 Å². The molecule has 1 atom stereocenters. The lowest BCUT2D eigenvalue weighted by atomic mass is 10.1. The van der Waals surface area contributed by atoms with Crippen molar-refractivity contribution in [2.75, 3.05) is 19.6 Å². The van der Waals surface area contributed by atoms with Gasteiger partial charge in [-0.1, -0.05) is 48.5 Å². The van der Waals surface area contributed by atoms with Crippen molar-refractivity contribution >= 4 is 16.8 Å². The maximum Gasteiger partial charge on any atom is 0.221 e. The molecule has 1 aliphatic heterocycles. The minimum atomic E-state index is 0.118. The minimum absolute atomic E-state index is 0.118. The predicted octanol–water partition coefficient (Wildman–Crippen LogP) is 3.98. The molecule has 0 radical (unpaired) electrons. The maximum absolute atomic E-state index is 12.5. The van der Waals surface area contributed by atoms with E-state index >= 15 is 0 Å². The number of carbonyl (C=O) groups excluding carboxylic acids is 1. The number of amides is 1. The standard InChI is InChI=1S/C23H27N3O/c27-23(13-17-26-16-12-20-10-4-5-11-21(20)26)24-18-22(25-14-6-7-15-25)19-8-2-1-3-9-19/h1-5,8-12,16,22H,6-7,13-15,17-18H2,(H,24,27)/t22-/m0/s1. The van der Waals surface area contributed by atoms with Crippen LogP contribution in [0.25, 0.3) is 10.9 Å². The second kappa shape index (κ2) is 8.40. The number of nitrogens with zero attached hydrogens (tertiary/aromatic N) is 2. The topological polar surface area (TPSA) is 37.3 Å². The second-order valence-electron chi connectivity index (χ2n) is 7.29. The Hall–Kier alpha value is -2.59. The van der Waals surface area contributed by atoms with Crippen molar-refractivity contribution in [2.45, 2.75) is 31.8 Å². The van der Waals surface area contributed by atoms with Crippen molar-refractivity contribution < 1.29 is 4.79 Å². The number of hydrogen-bond acceptors (Lipinski definition) is 2. The molecule has 0 unspecified atom stereocenters. The second-order valence-corrected chi connectivity index (χ2v) is 7.29. The number of benzene rings is 2. The summed E-state index contributed by atoms with van der Waals surface area (Å²) in [6.07, 6.45) is 5.06. The van der Waals surface area contributed by atoms with E-state index in [9.17, 15) is 4.79 Å². The first-order valence-electron chi connectivity index (χ1n) is 9.91. The molecule has 1 N–H and O–H groups in total. The molecule has 1 aromatic heterocycles. The zero-order valence-corrected chi connectivity index (χ0v) is 15.7. The molecule has 4 rings (SSSR count). The fourth-order valence-electron chi connectivity index (χ4n) is 4.04. The van der Waals surface area contributed by atoms with E-state index in [0.717, 1.165) is 13.1 Å². The van der Waals surface area contributed by atoms with Gasteiger partial charge in [-0.3, -0.25) is 9.69 Å². The summed E-state index contributed by atoms with van der Waals surface area (Å²) in [7, 11) is 0. The Bertz CT molecular complexity index is 881. The summed E-state index contributed by atoms with van der Waals surface area (Å²) in [5, 5.41) is 4.39. The molecule has 0 saturated carbocycles. The third-order valence-corrected chi connectivity index (χ3v) is 5.52. The zero-order chi connectivity index (χ0) is 18.5. The fourth-order valence-corrected chi connectivity index (χ4v) is 4.04. The van der Waals surface area contributed by atoms with Gasteiger partial charge < -0.3 is 9.88 Å². The molecule has 3 aromatic rings. The monoisotopic (exact) mass is 361 g/mol. The normalized spacial score (nSPS) is 15.9. The first-order chi connectivity index (χ1) is 13.3. The number of aryl methyl sites for hydroxylation is 1. The summed E-state index contributed by atoms with van der Waals surface area (Å²) in [6.45, 7) is 3.61. The molecule has 1 amide bonds. The van der Waals surface area contributed by atoms with E-state index in [4.69, 9.17) is 0 Å². The van der Waals surface area contributed by atoms with Gasteiger partial charge in [0.25, 0.3) is 0 Å². The van der Waals surface area contributed by atoms with E-state index in [1.54, 1.807) is 0 Å². The zero-order valence-electron chi connectivity index (χ0n) is 15.7. The van der Waals surface area contributed by atoms with Gasteiger partial charge in [0.15, 0.2) is 0 Å². The smallest absolute Gasteiger partial charge is 0.221 e. The average molecular weight is 361 g/mol. The molecule has 0 bridgehead atoms. The van der Waals surface area contributed by atoms with Gasteiger partial charge in [-0.25, -0.2) is 0 Å². The molecular weight excluding hydrogens is 334 g/mol. The van der Waals surface area contributed by atoms with Gasteiger partial charge in [0.2, 0.25) is 5.91 Å². The Morgan fingerprint density at radius 3 is 2.52 bits per heavy atom. The summed E-state index contributed by atoms with van der Waals surface area (Å²) >= 11 is 0. The van der Waals surface area contributed by atoms with E-state index in [1.807, 2.05) is 18.2 Å². The summed E-state index contributed by atoms with van der Waals surface area (Å²) in [5.41, 5.74) is 2.47. The first kappa shape index (κ1) is 17.8. The molecular formula is C23H27N3O. The van der Waals surface area contributed by atoms with Crippen molar-refractivity contribution in [2.24, 2.45) is 0 Å². The SMILES string of the molecule is O=C(CCn1ccc2ccccc21)NC[C@@H](c1ccccc1)N1CCCC1. The first-order valence-corrected chi connectivity index (χ1v) is 9.91. The van der Waals surface area contributed by atoms with Crippen molar-refractivity contribution in [3.05, 3.63) is 72.4 Å². The molecule has 2 aromatic carbocycles. The highest BCUT2D eigenvalue weighted by atomic mass is 16.1. The molecule has 1 saturated heterocycles. The number of nitrogens with one attached hydrogen (secondary N) is 1. The Morgan fingerprint density at radius 2 is 1.70 bits per heavy atom. The number of hydrogen-bond donors (Lipinski definition) is 1. The van der Waals surface area contributed by atoms with Crippen LogP contribution in [0, 0.1) is 0 Å². The third kappa shape index (κ3) is 4.22. The van der Waals surface area contributed by atoms with Gasteiger partial charge in [0, 0.05) is 31.2 Å². The maximum atomic E-state index is 12.5. The van der Waals surface area contributed by atoms with Crippen LogP contribution in [0.15, 0.2) is 66.9 Å². The highest BCUT2D eigenvalue weighted by Gasteiger charge is 2.23. The molecule has 0 spiro atoms. The molecule has 0 aliphatic carbocycles. The van der Waals surface area contributed by atoms with E-state index < -0.39 is 0 Å². The summed E-state index contributed by atoms with van der Waals surface area (Å²) in [4.78, 5) is 15.0. The lowest BCUT2D eigenvalue weighted by Gasteiger charge is -2.28. The Labute approximate surface area is 160 Å². The van der Waals surface area contributed by atoms with Crippen LogP contribution in [0.1, 0.15) is 30.9 Å². The average Bonchev–Trinajstić information content (AvgIpc) is 3.38. The largest absolute Gasteiger partial charge is 0.354 e. The Kier molecular flexibility index (Phi) is 5.54. The molecule has 1 fully saturated rings. The van der Waals surface area contributed by atoms with Gasteiger partial charge in [-0.15, -0.1) is 0 Å². The number of fused-ring (bicyclic) bond motifs is 1. The highest BCUT2D eigenvalue weighted by molar-refractivity contribution is 5.80. The third-order valence-electron chi connectivity index (χ3n) is 5.52. The Balaban J connectivity index is 1.35. The van der Waals surface area contributed by atoms with Crippen LogP contribution in [0.4, 0.5) is 0 Å². The summed E-state index contributed by atoms with van der Waals surface area (Å²) in [5.74, 6) is 0.118. The van der Waals surface area contributed by atoms with Crippen molar-refractivity contribution in [1.29, 1.82) is 0 Å². The molecule has 1 aliphatic rings. The molecule has 27 heavy (non-hydrogen) atoms. The predicted molar refractivity (Wildman–Crippen MR) is 110 cm³/mol. The van der Waals surface area contributed by atoms with Gasteiger partial charge in [-0.05, 0) is 49.0 Å². The van der Waals surface area contributed by atoms with Gasteiger partial charge in [0.05, 0.1) is 6.04 Å². The van der Waals surface area contributed by atoms with Crippen LogP contribution < -0.4 is 5.32 Å². The van der Waals surface area contributed by atoms with Crippen molar-refractivity contribution in [3.63, 3.8) is 0 Å². The Morgan fingerprint density at radius 1 is 0.963 bits per heavy atom. The fraction of sp³-hybridized carbons (Fsp3) is 0.348. The quantitative estimate of drug-likeness (QED) is 0.691. The van der Waals surface area contributed by atoms with Crippen LogP contribution >= 0.6 is 0 Å². The molecule has 4 heteroatoms. The van der Waals surface area contributed by atoms with Crippen molar-refractivity contribution in [1.82, 2.24) is 14.8 Å². The molecule has 2 heterocycles. The molecule has 140 valence electrons. The van der Waals surface area contributed by atoms with Gasteiger partial charge in [-0.2, -0.15) is 0 Å². The number of rotatable bonds is 7. The number of carbonyl (C=O) groups is 1. The van der Waals surface area contributed by atoms with Gasteiger partial charge in [0.1, 0.15) is 0 Å². The summed E-state index contributed by atoms with van der Waals surface area (Å²) in [6, 6.07) is 21.2. The molecule has 4 nitrogen and oxygen atoms in total. The van der Waals surface area contributed by atoms with Crippen LogP contribution in [-0.4, -0.2) is 35.0 Å². The van der Waals surface area contributed by atoms with Crippen LogP contribution in [0.2, 0.25) is 0 Å². The minimum Gasteiger partial charge on any atom is -0.354 e. The van der Waals surface area contributed by atoms with E-state index in [0.29, 0.717) is 19.5 Å². The van der Waals surface area contributed by atoms with Crippen molar-refractivity contribution in [3.8, 4) is 0 Å². The van der Waals surface area contributed by atoms with E-state index in [1.165, 1.54) is 29.3 Å². The van der Waals surface area contributed by atoms with E-state index in [-0.39, 0.29) is 11.9 Å². The van der Waals surface area contributed by atoms with E-state index in [2.05, 4.69) is 63.4 Å². The lowest BCUT2D eigenvalue weighted by molar-refractivity contribution is -0.121. The highest BCUT2D eigenvalue weighted by Crippen LogP contribution is 2.24. The number of aromatic nitrogens is 1. The lowest BCUT2D eigenvalue weighted by Crippen LogP contribution is -2.37. The van der Waals surface area contributed by atoms with Gasteiger partial charge >= 0.3 is 0 Å². The van der Waals surface area contributed by atoms with Crippen LogP contribution in [0.5, 0.6) is 0 Å². The summed E-state index contributed by atoms with van der Waals surface area (Å²) < 4.78 is 2.16.